The number of amides is 4. The molecule has 0 aromatic carbocycles. The van der Waals surface area contributed by atoms with Gasteiger partial charge in [0.1, 0.15) is 0 Å². The Morgan fingerprint density at radius 3 is 1.27 bits per heavy atom. The Kier molecular flexibility index (Phi) is 8.42. The molecule has 1 saturated carbocycles. The lowest BCUT2D eigenvalue weighted by molar-refractivity contribution is -0.140. The number of carbonyl (C=O) groups is 4. The van der Waals surface area contributed by atoms with Gasteiger partial charge in [-0.1, -0.05) is 32.7 Å². The maximum Gasteiger partial charge on any atom is 0.252 e. The molecule has 1 rings (SSSR count). The molecule has 6 nitrogen and oxygen atoms in total. The minimum absolute atomic E-state index is 0.0982. The van der Waals surface area contributed by atoms with Crippen molar-refractivity contribution >= 4 is 23.6 Å². The first-order valence-electron chi connectivity index (χ1n) is 8.58. The van der Waals surface area contributed by atoms with E-state index < -0.39 is 23.6 Å². The summed E-state index contributed by atoms with van der Waals surface area (Å²) >= 11 is 0. The molecule has 0 radical (unpaired) electrons. The van der Waals surface area contributed by atoms with Crippen LogP contribution in [0.3, 0.4) is 0 Å². The molecule has 0 spiro atoms. The van der Waals surface area contributed by atoms with Gasteiger partial charge in [-0.25, -0.2) is 0 Å². The fraction of sp³-hybridized carbons (Fsp3) is 0.400. The van der Waals surface area contributed by atoms with Crippen molar-refractivity contribution in [3.05, 3.63) is 50.6 Å². The summed E-state index contributed by atoms with van der Waals surface area (Å²) in [4.78, 5) is 50.0. The monoisotopic (exact) mass is 358 g/mol. The first kappa shape index (κ1) is 21.3. The third-order valence-electron chi connectivity index (χ3n) is 4.54. The van der Waals surface area contributed by atoms with Crippen LogP contribution in [0.4, 0.5) is 0 Å². The van der Waals surface area contributed by atoms with Gasteiger partial charge in [-0.05, 0) is 55.4 Å². The van der Waals surface area contributed by atoms with E-state index >= 15 is 0 Å². The summed E-state index contributed by atoms with van der Waals surface area (Å²) in [7, 11) is 0. The second-order valence-corrected chi connectivity index (χ2v) is 6.29. The SMILES string of the molecule is C=CC(=O)N(CC1CCCC(CN(C(=O)C=C)C(=O)C=C)C1)C(=O)C=C. The topological polar surface area (TPSA) is 74.8 Å². The van der Waals surface area contributed by atoms with Crippen molar-refractivity contribution in [2.45, 2.75) is 25.7 Å². The smallest absolute Gasteiger partial charge is 0.252 e. The molecule has 1 aliphatic rings. The molecule has 6 heteroatoms. The highest BCUT2D eigenvalue weighted by molar-refractivity contribution is 6.05. The molecule has 0 aromatic heterocycles. The Balaban J connectivity index is 2.81. The normalized spacial score (nSPS) is 18.9. The van der Waals surface area contributed by atoms with Crippen LogP contribution in [0, 0.1) is 11.8 Å². The Morgan fingerprint density at radius 1 is 0.692 bits per heavy atom. The third-order valence-corrected chi connectivity index (χ3v) is 4.54. The zero-order chi connectivity index (χ0) is 19.7. The third kappa shape index (κ3) is 5.65. The molecule has 140 valence electrons. The number of nitrogens with zero attached hydrogens (tertiary/aromatic N) is 2. The van der Waals surface area contributed by atoms with E-state index in [0.717, 1.165) is 53.4 Å². The van der Waals surface area contributed by atoms with Crippen LogP contribution in [0.1, 0.15) is 25.7 Å². The molecular weight excluding hydrogens is 332 g/mol. The summed E-state index contributed by atoms with van der Waals surface area (Å²) in [5, 5.41) is 0. The summed E-state index contributed by atoms with van der Waals surface area (Å²) in [6, 6.07) is 0. The van der Waals surface area contributed by atoms with E-state index in [4.69, 9.17) is 0 Å². The molecule has 2 atom stereocenters. The number of hydrogen-bond acceptors (Lipinski definition) is 4. The van der Waals surface area contributed by atoms with E-state index in [2.05, 4.69) is 26.3 Å². The van der Waals surface area contributed by atoms with Crippen LogP contribution in [0.2, 0.25) is 0 Å². The van der Waals surface area contributed by atoms with E-state index in [1.807, 2.05) is 0 Å². The van der Waals surface area contributed by atoms with Crippen LogP contribution >= 0.6 is 0 Å². The average molecular weight is 358 g/mol. The zero-order valence-electron chi connectivity index (χ0n) is 15.1. The number of hydrogen-bond donors (Lipinski definition) is 0. The maximum atomic E-state index is 11.9. The van der Waals surface area contributed by atoms with Crippen molar-refractivity contribution in [3.8, 4) is 0 Å². The lowest BCUT2D eigenvalue weighted by Gasteiger charge is -2.34. The van der Waals surface area contributed by atoms with Gasteiger partial charge in [-0.15, -0.1) is 0 Å². The van der Waals surface area contributed by atoms with Gasteiger partial charge >= 0.3 is 0 Å². The summed E-state index contributed by atoms with van der Waals surface area (Å²) in [5.74, 6) is -1.63. The highest BCUT2D eigenvalue weighted by Gasteiger charge is 2.29. The van der Waals surface area contributed by atoms with Crippen LogP contribution in [-0.4, -0.2) is 46.5 Å². The van der Waals surface area contributed by atoms with Crippen molar-refractivity contribution in [1.82, 2.24) is 9.80 Å². The van der Waals surface area contributed by atoms with E-state index in [1.165, 1.54) is 0 Å². The molecule has 1 aliphatic carbocycles. The summed E-state index contributed by atoms with van der Waals surface area (Å²) < 4.78 is 0. The maximum absolute atomic E-state index is 11.9. The van der Waals surface area contributed by atoms with Crippen LogP contribution in [-0.2, 0) is 19.2 Å². The van der Waals surface area contributed by atoms with Gasteiger partial charge < -0.3 is 0 Å². The first-order chi connectivity index (χ1) is 12.4. The molecule has 0 saturated heterocycles. The van der Waals surface area contributed by atoms with Gasteiger partial charge in [0.15, 0.2) is 0 Å². The Bertz CT molecular complexity index is 531. The second-order valence-electron chi connectivity index (χ2n) is 6.29. The van der Waals surface area contributed by atoms with Crippen LogP contribution in [0.15, 0.2) is 50.6 Å². The molecule has 0 aliphatic heterocycles. The van der Waals surface area contributed by atoms with Crippen molar-refractivity contribution in [3.63, 3.8) is 0 Å². The fourth-order valence-corrected chi connectivity index (χ4v) is 3.27. The van der Waals surface area contributed by atoms with Crippen molar-refractivity contribution < 1.29 is 19.2 Å². The Hall–Kier alpha value is -2.76. The minimum atomic E-state index is -0.456. The first-order valence-corrected chi connectivity index (χ1v) is 8.58. The molecule has 26 heavy (non-hydrogen) atoms. The summed E-state index contributed by atoms with van der Waals surface area (Å²) in [6.45, 7) is 14.2. The van der Waals surface area contributed by atoms with E-state index in [0.29, 0.717) is 6.42 Å². The number of imide groups is 2. The average Bonchev–Trinajstić information content (AvgIpc) is 2.68. The highest BCUT2D eigenvalue weighted by Crippen LogP contribution is 2.30. The van der Waals surface area contributed by atoms with Gasteiger partial charge in [0.2, 0.25) is 0 Å². The van der Waals surface area contributed by atoms with Gasteiger partial charge in [0, 0.05) is 13.1 Å². The van der Waals surface area contributed by atoms with Gasteiger partial charge in [0.05, 0.1) is 0 Å². The van der Waals surface area contributed by atoms with Crippen LogP contribution in [0.25, 0.3) is 0 Å². The van der Waals surface area contributed by atoms with E-state index in [1.54, 1.807) is 0 Å². The Labute approximate surface area is 154 Å². The fourth-order valence-electron chi connectivity index (χ4n) is 3.27. The lowest BCUT2D eigenvalue weighted by Crippen LogP contribution is -2.42. The summed E-state index contributed by atoms with van der Waals surface area (Å²) in [6.07, 6.45) is 7.76. The summed E-state index contributed by atoms with van der Waals surface area (Å²) in [5.41, 5.74) is 0. The molecule has 0 N–H and O–H groups in total. The highest BCUT2D eigenvalue weighted by atomic mass is 16.2. The second kappa shape index (κ2) is 10.3. The molecule has 0 bridgehead atoms. The van der Waals surface area contributed by atoms with Crippen LogP contribution < -0.4 is 0 Å². The predicted octanol–water partition coefficient (Wildman–Crippen LogP) is 2.25. The van der Waals surface area contributed by atoms with Crippen molar-refractivity contribution in [2.75, 3.05) is 13.1 Å². The van der Waals surface area contributed by atoms with Crippen LogP contribution in [0.5, 0.6) is 0 Å². The number of carbonyl (C=O) groups excluding carboxylic acids is 4. The number of rotatable bonds is 8. The zero-order valence-corrected chi connectivity index (χ0v) is 15.1. The Morgan fingerprint density at radius 2 is 1.00 bits per heavy atom. The van der Waals surface area contributed by atoms with Crippen molar-refractivity contribution in [1.29, 1.82) is 0 Å². The standard InChI is InChI=1S/C20H26N2O4/c1-5-17(23)21(18(24)6-2)13-15-10-9-11-16(12-15)14-22(19(25)7-3)20(26)8-4/h5-8,15-16H,1-4,9-14H2. The minimum Gasteiger partial charge on any atom is -0.275 e. The molecule has 4 amide bonds. The van der Waals surface area contributed by atoms with Gasteiger partial charge in [-0.3, -0.25) is 29.0 Å². The molecule has 1 fully saturated rings. The molecule has 0 heterocycles. The van der Waals surface area contributed by atoms with E-state index in [9.17, 15) is 19.2 Å². The molecule has 2 unspecified atom stereocenters. The van der Waals surface area contributed by atoms with Gasteiger partial charge in [0.25, 0.3) is 23.6 Å². The largest absolute Gasteiger partial charge is 0.275 e. The molecule has 0 aromatic rings. The quantitative estimate of drug-likeness (QED) is 0.624. The predicted molar refractivity (Wildman–Crippen MR) is 99.7 cm³/mol. The molecular formula is C20H26N2O4. The van der Waals surface area contributed by atoms with Crippen molar-refractivity contribution in [2.24, 2.45) is 11.8 Å². The van der Waals surface area contributed by atoms with E-state index in [-0.39, 0.29) is 24.9 Å². The lowest BCUT2D eigenvalue weighted by atomic mass is 9.80. The van der Waals surface area contributed by atoms with Gasteiger partial charge in [-0.2, -0.15) is 0 Å².